The predicted molar refractivity (Wildman–Crippen MR) is 71.6 cm³/mol. The Balaban J connectivity index is 1.85. The second-order valence-electron chi connectivity index (χ2n) is 4.83. The van der Waals surface area contributed by atoms with Gasteiger partial charge in [0.2, 0.25) is 0 Å². The number of rotatable bonds is 3. The minimum atomic E-state index is 0.416. The number of anilines is 1. The van der Waals surface area contributed by atoms with Crippen LogP contribution in [0.2, 0.25) is 5.02 Å². The smallest absolute Gasteiger partial charge is 0.132 e. The minimum Gasteiger partial charge on any atom is -0.385 e. The highest BCUT2D eigenvalue weighted by atomic mass is 35.5. The highest BCUT2D eigenvalue weighted by Gasteiger charge is 2.18. The third-order valence-corrected chi connectivity index (χ3v) is 3.84. The van der Waals surface area contributed by atoms with Crippen LogP contribution in [0.1, 0.15) is 31.2 Å². The van der Waals surface area contributed by atoms with Crippen molar-refractivity contribution in [3.63, 3.8) is 0 Å². The maximum atomic E-state index is 11.1. The zero-order valence-electron chi connectivity index (χ0n) is 10.1. The third kappa shape index (κ3) is 3.47. The topological polar surface area (TPSA) is 29.1 Å². The first-order valence-corrected chi connectivity index (χ1v) is 6.54. The van der Waals surface area contributed by atoms with Gasteiger partial charge in [-0.15, -0.1) is 0 Å². The molecule has 17 heavy (non-hydrogen) atoms. The van der Waals surface area contributed by atoms with Gasteiger partial charge in [-0.25, -0.2) is 0 Å². The Morgan fingerprint density at radius 1 is 1.35 bits per heavy atom. The van der Waals surface area contributed by atoms with Gasteiger partial charge in [-0.2, -0.15) is 0 Å². The van der Waals surface area contributed by atoms with E-state index >= 15 is 0 Å². The summed E-state index contributed by atoms with van der Waals surface area (Å²) in [6, 6.07) is 6.04. The molecule has 1 aromatic carbocycles. The maximum absolute atomic E-state index is 11.1. The first-order chi connectivity index (χ1) is 8.15. The summed E-state index contributed by atoms with van der Waals surface area (Å²) in [4.78, 5) is 11.1. The fourth-order valence-corrected chi connectivity index (χ4v) is 2.35. The Morgan fingerprint density at radius 3 is 2.71 bits per heavy atom. The highest BCUT2D eigenvalue weighted by molar-refractivity contribution is 6.31. The molecule has 0 unspecified atom stereocenters. The number of Topliss-reactive ketones (excluding diaryl/α,β-unsaturated/α-hetero) is 1. The average molecular weight is 252 g/mol. The van der Waals surface area contributed by atoms with Crippen molar-refractivity contribution in [3.05, 3.63) is 28.8 Å². The van der Waals surface area contributed by atoms with Crippen LogP contribution < -0.4 is 5.32 Å². The molecule has 0 aromatic heterocycles. The third-order valence-electron chi connectivity index (χ3n) is 3.43. The average Bonchev–Trinajstić information content (AvgIpc) is 2.33. The van der Waals surface area contributed by atoms with Crippen LogP contribution >= 0.6 is 11.6 Å². The van der Waals surface area contributed by atoms with Crippen LogP contribution in [0, 0.1) is 12.8 Å². The number of hydrogen-bond acceptors (Lipinski definition) is 2. The SMILES string of the molecule is Cc1ccc(NCC2CCC(=O)CC2)cc1Cl. The normalized spacial score (nSPS) is 17.2. The summed E-state index contributed by atoms with van der Waals surface area (Å²) in [6.07, 6.45) is 3.54. The summed E-state index contributed by atoms with van der Waals surface area (Å²) in [6.45, 7) is 2.94. The second kappa shape index (κ2) is 5.54. The van der Waals surface area contributed by atoms with Crippen molar-refractivity contribution in [2.75, 3.05) is 11.9 Å². The summed E-state index contributed by atoms with van der Waals surface area (Å²) < 4.78 is 0. The molecule has 2 nitrogen and oxygen atoms in total. The monoisotopic (exact) mass is 251 g/mol. The molecule has 1 aliphatic rings. The van der Waals surface area contributed by atoms with E-state index in [4.69, 9.17) is 11.6 Å². The molecule has 0 bridgehead atoms. The number of carbonyl (C=O) groups is 1. The number of halogens is 1. The van der Waals surface area contributed by atoms with E-state index in [2.05, 4.69) is 11.4 Å². The lowest BCUT2D eigenvalue weighted by Gasteiger charge is -2.21. The van der Waals surface area contributed by atoms with Crippen LogP contribution in [0.15, 0.2) is 18.2 Å². The van der Waals surface area contributed by atoms with Gasteiger partial charge in [0.05, 0.1) is 0 Å². The first kappa shape index (κ1) is 12.4. The Labute approximate surface area is 107 Å². The van der Waals surface area contributed by atoms with E-state index in [9.17, 15) is 4.79 Å². The van der Waals surface area contributed by atoms with Crippen molar-refractivity contribution in [2.24, 2.45) is 5.92 Å². The van der Waals surface area contributed by atoms with Gasteiger partial charge in [0, 0.05) is 30.1 Å². The molecule has 0 aliphatic heterocycles. The van der Waals surface area contributed by atoms with Crippen LogP contribution in [-0.4, -0.2) is 12.3 Å². The Bertz CT molecular complexity index is 407. The van der Waals surface area contributed by atoms with E-state index in [-0.39, 0.29) is 0 Å². The molecule has 0 spiro atoms. The molecular weight excluding hydrogens is 234 g/mol. The number of carbonyl (C=O) groups excluding carboxylic acids is 1. The van der Waals surface area contributed by atoms with Crippen LogP contribution in [0.5, 0.6) is 0 Å². The molecule has 1 fully saturated rings. The molecule has 1 N–H and O–H groups in total. The van der Waals surface area contributed by atoms with Crippen LogP contribution in [0.25, 0.3) is 0 Å². The lowest BCUT2D eigenvalue weighted by molar-refractivity contribution is -0.120. The summed E-state index contributed by atoms with van der Waals surface area (Å²) in [5.41, 5.74) is 2.16. The second-order valence-corrected chi connectivity index (χ2v) is 5.23. The van der Waals surface area contributed by atoms with Gasteiger partial charge in [-0.1, -0.05) is 17.7 Å². The van der Waals surface area contributed by atoms with E-state index in [0.29, 0.717) is 11.7 Å². The number of aryl methyl sites for hydroxylation is 1. The van der Waals surface area contributed by atoms with Gasteiger partial charge in [-0.3, -0.25) is 4.79 Å². The molecule has 3 heteroatoms. The fraction of sp³-hybridized carbons (Fsp3) is 0.500. The van der Waals surface area contributed by atoms with Crippen molar-refractivity contribution in [3.8, 4) is 0 Å². The largest absolute Gasteiger partial charge is 0.385 e. The lowest BCUT2D eigenvalue weighted by Crippen LogP contribution is -2.21. The summed E-state index contributed by atoms with van der Waals surface area (Å²) in [5, 5.41) is 4.20. The number of nitrogens with one attached hydrogen (secondary N) is 1. The number of benzene rings is 1. The molecule has 0 amide bonds. The van der Waals surface area contributed by atoms with Gasteiger partial charge in [-0.05, 0) is 43.4 Å². The quantitative estimate of drug-likeness (QED) is 0.885. The van der Waals surface area contributed by atoms with Gasteiger partial charge in [0.15, 0.2) is 0 Å². The highest BCUT2D eigenvalue weighted by Crippen LogP contribution is 2.24. The van der Waals surface area contributed by atoms with Crippen molar-refractivity contribution in [1.82, 2.24) is 0 Å². The van der Waals surface area contributed by atoms with Crippen LogP contribution in [0.3, 0.4) is 0 Å². The molecule has 2 rings (SSSR count). The van der Waals surface area contributed by atoms with Crippen molar-refractivity contribution < 1.29 is 4.79 Å². The zero-order valence-corrected chi connectivity index (χ0v) is 10.9. The molecule has 0 saturated heterocycles. The predicted octanol–water partition coefficient (Wildman–Crippen LogP) is 3.82. The van der Waals surface area contributed by atoms with E-state index in [1.807, 2.05) is 19.1 Å². The molecule has 92 valence electrons. The lowest BCUT2D eigenvalue weighted by atomic mass is 9.88. The van der Waals surface area contributed by atoms with Crippen molar-refractivity contribution >= 4 is 23.1 Å². The van der Waals surface area contributed by atoms with Gasteiger partial charge < -0.3 is 5.32 Å². The van der Waals surface area contributed by atoms with E-state index in [0.717, 1.165) is 48.5 Å². The Hall–Kier alpha value is -1.02. The van der Waals surface area contributed by atoms with E-state index in [1.165, 1.54) is 0 Å². The first-order valence-electron chi connectivity index (χ1n) is 6.17. The molecule has 1 saturated carbocycles. The van der Waals surface area contributed by atoms with E-state index < -0.39 is 0 Å². The Kier molecular flexibility index (Phi) is 4.06. The molecule has 0 heterocycles. The molecule has 0 atom stereocenters. The van der Waals surface area contributed by atoms with Crippen molar-refractivity contribution in [1.29, 1.82) is 0 Å². The summed E-state index contributed by atoms with van der Waals surface area (Å²) in [5.74, 6) is 1.03. The van der Waals surface area contributed by atoms with Gasteiger partial charge >= 0.3 is 0 Å². The number of ketones is 1. The molecule has 1 aromatic rings. The summed E-state index contributed by atoms with van der Waals surface area (Å²) >= 11 is 6.07. The Morgan fingerprint density at radius 2 is 2.06 bits per heavy atom. The zero-order chi connectivity index (χ0) is 12.3. The maximum Gasteiger partial charge on any atom is 0.132 e. The molecule has 1 aliphatic carbocycles. The molecular formula is C14H18ClNO. The van der Waals surface area contributed by atoms with Crippen molar-refractivity contribution in [2.45, 2.75) is 32.6 Å². The molecule has 0 radical (unpaired) electrons. The summed E-state index contributed by atoms with van der Waals surface area (Å²) in [7, 11) is 0. The minimum absolute atomic E-state index is 0.416. The number of hydrogen-bond donors (Lipinski definition) is 1. The van der Waals surface area contributed by atoms with E-state index in [1.54, 1.807) is 0 Å². The van der Waals surface area contributed by atoms with Crippen LogP contribution in [0.4, 0.5) is 5.69 Å². The van der Waals surface area contributed by atoms with Gasteiger partial charge in [0.25, 0.3) is 0 Å². The van der Waals surface area contributed by atoms with Crippen LogP contribution in [-0.2, 0) is 4.79 Å². The van der Waals surface area contributed by atoms with Gasteiger partial charge in [0.1, 0.15) is 5.78 Å². The standard InChI is InChI=1S/C14H18ClNO/c1-10-2-5-12(8-14(10)15)16-9-11-3-6-13(17)7-4-11/h2,5,8,11,16H,3-4,6-7,9H2,1H3. The fourth-order valence-electron chi connectivity index (χ4n) is 2.17.